The number of rotatable bonds is 7. The molecule has 4 nitrogen and oxygen atoms in total. The number of Topliss-reactive ketones (excluding diaryl/α,β-unsaturated/α-hetero) is 1. The topological polar surface area (TPSA) is 66.0 Å². The molecule has 3 aromatic rings. The van der Waals surface area contributed by atoms with E-state index in [-0.39, 0.29) is 17.5 Å². The fourth-order valence-electron chi connectivity index (χ4n) is 3.58. The Balaban J connectivity index is 1.49. The van der Waals surface area contributed by atoms with E-state index in [1.807, 2.05) is 19.1 Å². The molecular weight excluding hydrogens is 336 g/mol. The summed E-state index contributed by atoms with van der Waals surface area (Å²) in [5.41, 5.74) is 4.38. The molecule has 2 N–H and O–H groups in total. The van der Waals surface area contributed by atoms with Gasteiger partial charge in [0.2, 0.25) is 0 Å². The highest BCUT2D eigenvalue weighted by molar-refractivity contribution is 5.82. The third-order valence-electron chi connectivity index (χ3n) is 5.25. The number of aromatic amines is 1. The number of H-pyrrole nitrogens is 1. The molecule has 0 amide bonds. The summed E-state index contributed by atoms with van der Waals surface area (Å²) in [6.07, 6.45) is 5.21. The number of nitrogens with one attached hydrogen (secondary N) is 1. The van der Waals surface area contributed by atoms with E-state index in [9.17, 15) is 9.90 Å². The van der Waals surface area contributed by atoms with Crippen molar-refractivity contribution in [1.29, 1.82) is 0 Å². The van der Waals surface area contributed by atoms with Gasteiger partial charge in [0.25, 0.3) is 0 Å². The van der Waals surface area contributed by atoms with Gasteiger partial charge in [0, 0.05) is 30.7 Å². The van der Waals surface area contributed by atoms with Crippen LogP contribution in [0.2, 0.25) is 0 Å². The molecule has 1 atom stereocenters. The van der Waals surface area contributed by atoms with Crippen LogP contribution < -0.4 is 0 Å². The molecule has 4 heteroatoms. The third kappa shape index (κ3) is 4.27. The zero-order chi connectivity index (χ0) is 18.8. The average Bonchev–Trinajstić information content (AvgIpc) is 3.42. The Morgan fingerprint density at radius 1 is 1.15 bits per heavy atom. The van der Waals surface area contributed by atoms with Gasteiger partial charge in [-0.1, -0.05) is 36.4 Å². The molecule has 0 aliphatic heterocycles. The second-order valence-electron chi connectivity index (χ2n) is 7.50. The predicted octanol–water partition coefficient (Wildman–Crippen LogP) is 4.63. The van der Waals surface area contributed by atoms with Crippen molar-refractivity contribution in [1.82, 2.24) is 9.97 Å². The minimum absolute atomic E-state index is 0.0926. The van der Waals surface area contributed by atoms with Crippen LogP contribution in [0.1, 0.15) is 59.3 Å². The van der Waals surface area contributed by atoms with Crippen molar-refractivity contribution in [3.8, 4) is 5.75 Å². The van der Waals surface area contributed by atoms with E-state index < -0.39 is 0 Å². The first-order valence-corrected chi connectivity index (χ1v) is 9.49. The molecule has 0 saturated heterocycles. The van der Waals surface area contributed by atoms with E-state index in [2.05, 4.69) is 34.2 Å². The smallest absolute Gasteiger partial charge is 0.138 e. The molecule has 1 saturated carbocycles. The maximum atomic E-state index is 12.8. The highest BCUT2D eigenvalue weighted by Gasteiger charge is 2.23. The molecule has 2 aromatic carbocycles. The molecule has 138 valence electrons. The maximum absolute atomic E-state index is 12.8. The maximum Gasteiger partial charge on any atom is 0.138 e. The normalized spacial score (nSPS) is 14.9. The SMILES string of the molecule is Cc1ncc(C(CC(=O)Cc2ccc(C3CC3)cc2)c2ccc(O)cc2)[nH]1. The molecule has 27 heavy (non-hydrogen) atoms. The van der Waals surface area contributed by atoms with Crippen LogP contribution in [0.25, 0.3) is 0 Å². The lowest BCUT2D eigenvalue weighted by Crippen LogP contribution is -2.11. The molecule has 0 bridgehead atoms. The Kier molecular flexibility index (Phi) is 4.80. The largest absolute Gasteiger partial charge is 0.508 e. The van der Waals surface area contributed by atoms with Gasteiger partial charge in [0.05, 0.1) is 0 Å². The van der Waals surface area contributed by atoms with Crippen LogP contribution in [0.4, 0.5) is 0 Å². The van der Waals surface area contributed by atoms with E-state index in [1.165, 1.54) is 18.4 Å². The van der Waals surface area contributed by atoms with Crippen LogP contribution >= 0.6 is 0 Å². The van der Waals surface area contributed by atoms with E-state index in [4.69, 9.17) is 0 Å². The summed E-state index contributed by atoms with van der Waals surface area (Å²) in [4.78, 5) is 20.3. The van der Waals surface area contributed by atoms with E-state index in [1.54, 1.807) is 18.3 Å². The van der Waals surface area contributed by atoms with Gasteiger partial charge in [-0.2, -0.15) is 0 Å². The first-order chi connectivity index (χ1) is 13.1. The number of imidazole rings is 1. The van der Waals surface area contributed by atoms with Crippen molar-refractivity contribution in [2.75, 3.05) is 0 Å². The fourth-order valence-corrected chi connectivity index (χ4v) is 3.58. The molecule has 0 radical (unpaired) electrons. The zero-order valence-electron chi connectivity index (χ0n) is 15.5. The van der Waals surface area contributed by atoms with Gasteiger partial charge in [0.15, 0.2) is 0 Å². The van der Waals surface area contributed by atoms with Gasteiger partial charge in [-0.05, 0) is 54.5 Å². The number of carbonyl (C=O) groups excluding carboxylic acids is 1. The molecule has 1 aliphatic rings. The molecule has 4 rings (SSSR count). The van der Waals surface area contributed by atoms with E-state index in [0.717, 1.165) is 28.6 Å². The minimum atomic E-state index is -0.0926. The van der Waals surface area contributed by atoms with Crippen LogP contribution in [-0.2, 0) is 11.2 Å². The van der Waals surface area contributed by atoms with Gasteiger partial charge in [-0.25, -0.2) is 4.98 Å². The van der Waals surface area contributed by atoms with Crippen LogP contribution in [0.5, 0.6) is 5.75 Å². The summed E-state index contributed by atoms with van der Waals surface area (Å²) in [6, 6.07) is 15.6. The van der Waals surface area contributed by atoms with Crippen molar-refractivity contribution >= 4 is 5.78 Å². The first kappa shape index (κ1) is 17.5. The van der Waals surface area contributed by atoms with Crippen LogP contribution in [0.3, 0.4) is 0 Å². The number of ketones is 1. The molecule has 0 spiro atoms. The average molecular weight is 360 g/mol. The van der Waals surface area contributed by atoms with Crippen LogP contribution in [0.15, 0.2) is 54.7 Å². The lowest BCUT2D eigenvalue weighted by atomic mass is 9.89. The summed E-state index contributed by atoms with van der Waals surface area (Å²) in [7, 11) is 0. The number of benzene rings is 2. The summed E-state index contributed by atoms with van der Waals surface area (Å²) >= 11 is 0. The van der Waals surface area contributed by atoms with Crippen molar-refractivity contribution in [3.05, 3.63) is 82.9 Å². The Labute approximate surface area is 159 Å². The van der Waals surface area contributed by atoms with Gasteiger partial charge < -0.3 is 10.1 Å². The number of aromatic hydroxyl groups is 1. The highest BCUT2D eigenvalue weighted by Crippen LogP contribution is 2.40. The molecule has 1 aliphatic carbocycles. The minimum Gasteiger partial charge on any atom is -0.508 e. The monoisotopic (exact) mass is 360 g/mol. The van der Waals surface area contributed by atoms with Gasteiger partial charge in [-0.15, -0.1) is 0 Å². The number of hydrogen-bond donors (Lipinski definition) is 2. The lowest BCUT2D eigenvalue weighted by molar-refractivity contribution is -0.118. The standard InChI is InChI=1S/C23H24N2O2/c1-15-24-14-23(25-15)22(19-8-10-20(26)11-9-19)13-21(27)12-16-2-4-17(5-3-16)18-6-7-18/h2-5,8-11,14,18,22,26H,6-7,12-13H2,1H3,(H,24,25). The number of nitrogens with zero attached hydrogens (tertiary/aromatic N) is 1. The Morgan fingerprint density at radius 2 is 1.85 bits per heavy atom. The van der Waals surface area contributed by atoms with Crippen molar-refractivity contribution in [2.45, 2.75) is 44.4 Å². The second-order valence-corrected chi connectivity index (χ2v) is 7.50. The Morgan fingerprint density at radius 3 is 2.44 bits per heavy atom. The number of carbonyl (C=O) groups is 1. The number of phenolic OH excluding ortho intramolecular Hbond substituents is 1. The number of aromatic nitrogens is 2. The van der Waals surface area contributed by atoms with Crippen molar-refractivity contribution in [2.24, 2.45) is 0 Å². The predicted molar refractivity (Wildman–Crippen MR) is 105 cm³/mol. The van der Waals surface area contributed by atoms with Crippen molar-refractivity contribution < 1.29 is 9.90 Å². The quantitative estimate of drug-likeness (QED) is 0.645. The van der Waals surface area contributed by atoms with E-state index >= 15 is 0 Å². The van der Waals surface area contributed by atoms with Gasteiger partial charge in [-0.3, -0.25) is 4.79 Å². The molecule has 1 fully saturated rings. The molecule has 1 aromatic heterocycles. The van der Waals surface area contributed by atoms with Crippen LogP contribution in [-0.4, -0.2) is 20.9 Å². The summed E-state index contributed by atoms with van der Waals surface area (Å²) < 4.78 is 0. The highest BCUT2D eigenvalue weighted by atomic mass is 16.3. The van der Waals surface area contributed by atoms with Gasteiger partial charge >= 0.3 is 0 Å². The molecule has 1 unspecified atom stereocenters. The summed E-state index contributed by atoms with van der Waals surface area (Å²) in [5.74, 6) is 1.89. The van der Waals surface area contributed by atoms with E-state index in [0.29, 0.717) is 12.8 Å². The summed E-state index contributed by atoms with van der Waals surface area (Å²) in [5, 5.41) is 9.57. The summed E-state index contributed by atoms with van der Waals surface area (Å²) in [6.45, 7) is 1.90. The first-order valence-electron chi connectivity index (χ1n) is 9.49. The third-order valence-corrected chi connectivity index (χ3v) is 5.25. The van der Waals surface area contributed by atoms with Crippen molar-refractivity contribution in [3.63, 3.8) is 0 Å². The zero-order valence-corrected chi connectivity index (χ0v) is 15.5. The lowest BCUT2D eigenvalue weighted by Gasteiger charge is -2.16. The Hall–Kier alpha value is -2.88. The number of phenols is 1. The van der Waals surface area contributed by atoms with Gasteiger partial charge in [0.1, 0.15) is 17.4 Å². The fraction of sp³-hybridized carbons (Fsp3) is 0.304. The molecular formula is C23H24N2O2. The molecule has 1 heterocycles. The van der Waals surface area contributed by atoms with Crippen LogP contribution in [0, 0.1) is 6.92 Å². The number of hydrogen-bond acceptors (Lipinski definition) is 3. The second kappa shape index (κ2) is 7.39. The Bertz CT molecular complexity index is 922. The number of aryl methyl sites for hydroxylation is 1.